The number of rotatable bonds is 5. The van der Waals surface area contributed by atoms with E-state index in [0.717, 1.165) is 17.5 Å². The quantitative estimate of drug-likeness (QED) is 0.726. The van der Waals surface area contributed by atoms with Crippen LogP contribution >= 0.6 is 11.6 Å². The van der Waals surface area contributed by atoms with Gasteiger partial charge in [-0.05, 0) is 38.5 Å². The normalized spacial score (nSPS) is 12.5. The monoisotopic (exact) mass is 305 g/mol. The van der Waals surface area contributed by atoms with Crippen LogP contribution < -0.4 is 15.8 Å². The van der Waals surface area contributed by atoms with E-state index in [4.69, 9.17) is 17.3 Å². The molecule has 1 aromatic carbocycles. The van der Waals surface area contributed by atoms with Crippen molar-refractivity contribution in [3.63, 3.8) is 0 Å². The summed E-state index contributed by atoms with van der Waals surface area (Å²) in [5.41, 5.74) is 7.42. The molecule has 0 aliphatic rings. The Morgan fingerprint density at radius 2 is 1.95 bits per heavy atom. The van der Waals surface area contributed by atoms with Crippen LogP contribution in [0.5, 0.6) is 0 Å². The van der Waals surface area contributed by atoms with Gasteiger partial charge in [0, 0.05) is 17.8 Å². The Bertz CT molecular complexity index is 571. The van der Waals surface area contributed by atoms with Crippen molar-refractivity contribution in [2.75, 3.05) is 23.9 Å². The fourth-order valence-electron chi connectivity index (χ4n) is 1.75. The zero-order valence-electron chi connectivity index (χ0n) is 11.5. The smallest absolute Gasteiger partial charge is 0.209 e. The Labute approximate surface area is 119 Å². The van der Waals surface area contributed by atoms with Crippen molar-refractivity contribution in [2.45, 2.75) is 26.3 Å². The number of benzene rings is 1. The van der Waals surface area contributed by atoms with Crippen molar-refractivity contribution in [3.8, 4) is 0 Å². The lowest BCUT2D eigenvalue weighted by Crippen LogP contribution is -2.47. The highest BCUT2D eigenvalue weighted by atomic mass is 35.5. The molecule has 5 nitrogen and oxygen atoms in total. The van der Waals surface area contributed by atoms with E-state index < -0.39 is 15.6 Å². The molecule has 0 fully saturated rings. The van der Waals surface area contributed by atoms with Gasteiger partial charge in [-0.25, -0.2) is 13.1 Å². The largest absolute Gasteiger partial charge is 0.398 e. The summed E-state index contributed by atoms with van der Waals surface area (Å²) >= 11 is 5.97. The predicted molar refractivity (Wildman–Crippen MR) is 81.1 cm³/mol. The first-order valence-corrected chi connectivity index (χ1v) is 8.05. The van der Waals surface area contributed by atoms with E-state index in [1.54, 1.807) is 26.0 Å². The van der Waals surface area contributed by atoms with Crippen LogP contribution in [0.1, 0.15) is 19.4 Å². The lowest BCUT2D eigenvalue weighted by molar-refractivity contribution is 0.476. The number of halogens is 1. The van der Waals surface area contributed by atoms with Crippen molar-refractivity contribution < 1.29 is 8.42 Å². The molecule has 0 saturated carbocycles. The maximum Gasteiger partial charge on any atom is 0.209 e. The van der Waals surface area contributed by atoms with E-state index in [0.29, 0.717) is 17.3 Å². The molecule has 0 bridgehead atoms. The van der Waals surface area contributed by atoms with E-state index in [1.807, 2.05) is 6.92 Å². The summed E-state index contributed by atoms with van der Waals surface area (Å²) in [6.45, 7) is 5.94. The Kier molecular flexibility index (Phi) is 4.71. The van der Waals surface area contributed by atoms with Crippen LogP contribution in [0.25, 0.3) is 0 Å². The second kappa shape index (κ2) is 5.56. The molecule has 0 spiro atoms. The Balaban J connectivity index is 2.79. The first-order chi connectivity index (χ1) is 8.50. The van der Waals surface area contributed by atoms with Crippen molar-refractivity contribution in [1.82, 2.24) is 4.72 Å². The summed E-state index contributed by atoms with van der Waals surface area (Å²) in [7, 11) is -3.25. The van der Waals surface area contributed by atoms with E-state index in [9.17, 15) is 8.42 Å². The minimum absolute atomic E-state index is 0.432. The molecule has 0 atom stereocenters. The highest BCUT2D eigenvalue weighted by Crippen LogP contribution is 2.27. The van der Waals surface area contributed by atoms with Crippen molar-refractivity contribution in [2.24, 2.45) is 0 Å². The number of aryl methyl sites for hydroxylation is 1. The van der Waals surface area contributed by atoms with Crippen molar-refractivity contribution >= 4 is 33.0 Å². The SMILES string of the molecule is Cc1cc(N)c(Cl)cc1NCC(C)(C)NS(C)(=O)=O. The maximum atomic E-state index is 11.2. The van der Waals surface area contributed by atoms with Crippen LogP contribution in [0.15, 0.2) is 12.1 Å². The van der Waals surface area contributed by atoms with Crippen LogP contribution in [0, 0.1) is 6.92 Å². The van der Waals surface area contributed by atoms with Gasteiger partial charge in [0.25, 0.3) is 0 Å². The van der Waals surface area contributed by atoms with Gasteiger partial charge in [0.2, 0.25) is 10.0 Å². The third-order valence-corrected chi connectivity index (χ3v) is 3.78. The summed E-state index contributed by atoms with van der Waals surface area (Å²) in [6, 6.07) is 3.52. The second-order valence-electron chi connectivity index (χ2n) is 5.30. The van der Waals surface area contributed by atoms with Crippen LogP contribution in [0.3, 0.4) is 0 Å². The molecule has 0 heterocycles. The molecule has 1 aromatic rings. The molecule has 7 heteroatoms. The fraction of sp³-hybridized carbons (Fsp3) is 0.500. The number of nitrogens with one attached hydrogen (secondary N) is 2. The number of hydrogen-bond donors (Lipinski definition) is 3. The molecule has 0 aliphatic heterocycles. The highest BCUT2D eigenvalue weighted by molar-refractivity contribution is 7.88. The van der Waals surface area contributed by atoms with Gasteiger partial charge in [0.1, 0.15) is 0 Å². The highest BCUT2D eigenvalue weighted by Gasteiger charge is 2.22. The average molecular weight is 306 g/mol. The fourth-order valence-corrected chi connectivity index (χ4v) is 2.99. The Morgan fingerprint density at radius 3 is 2.47 bits per heavy atom. The first-order valence-electron chi connectivity index (χ1n) is 5.79. The lowest BCUT2D eigenvalue weighted by atomic mass is 10.1. The summed E-state index contributed by atoms with van der Waals surface area (Å²) in [4.78, 5) is 0. The van der Waals surface area contributed by atoms with E-state index >= 15 is 0 Å². The van der Waals surface area contributed by atoms with Crippen LogP contribution in [-0.4, -0.2) is 26.8 Å². The topological polar surface area (TPSA) is 84.2 Å². The zero-order valence-corrected chi connectivity index (χ0v) is 13.1. The number of nitrogen functional groups attached to an aromatic ring is 1. The van der Waals surface area contributed by atoms with Gasteiger partial charge in [-0.1, -0.05) is 11.6 Å². The summed E-state index contributed by atoms with van der Waals surface area (Å²) in [6.07, 6.45) is 1.14. The standard InChI is InChI=1S/C12H20ClN3O2S/c1-8-5-10(14)9(13)6-11(8)15-7-12(2,3)16-19(4,17)18/h5-6,15-16H,7,14H2,1-4H3. The summed E-state index contributed by atoms with van der Waals surface area (Å²) in [5.74, 6) is 0. The lowest BCUT2D eigenvalue weighted by Gasteiger charge is -2.26. The van der Waals surface area contributed by atoms with Gasteiger partial charge in [0.05, 0.1) is 17.0 Å². The molecule has 0 aliphatic carbocycles. The molecule has 0 amide bonds. The minimum Gasteiger partial charge on any atom is -0.398 e. The number of nitrogens with two attached hydrogens (primary N) is 1. The molecule has 0 saturated heterocycles. The molecule has 0 aromatic heterocycles. The van der Waals surface area contributed by atoms with Gasteiger partial charge >= 0.3 is 0 Å². The van der Waals surface area contributed by atoms with Crippen LogP contribution in [0.2, 0.25) is 5.02 Å². The van der Waals surface area contributed by atoms with Gasteiger partial charge in [-0.15, -0.1) is 0 Å². The predicted octanol–water partition coefficient (Wildman–Crippen LogP) is 1.97. The van der Waals surface area contributed by atoms with Crippen LogP contribution in [-0.2, 0) is 10.0 Å². The maximum absolute atomic E-state index is 11.2. The van der Waals surface area contributed by atoms with Gasteiger partial charge in [0.15, 0.2) is 0 Å². The van der Waals surface area contributed by atoms with E-state index in [1.165, 1.54) is 0 Å². The van der Waals surface area contributed by atoms with Gasteiger partial charge < -0.3 is 11.1 Å². The second-order valence-corrected chi connectivity index (χ2v) is 7.46. The molecule has 0 unspecified atom stereocenters. The molecule has 4 N–H and O–H groups in total. The number of hydrogen-bond acceptors (Lipinski definition) is 4. The zero-order chi connectivity index (χ0) is 14.8. The molecule has 19 heavy (non-hydrogen) atoms. The molecular weight excluding hydrogens is 286 g/mol. The van der Waals surface area contributed by atoms with Crippen LogP contribution in [0.4, 0.5) is 11.4 Å². The first kappa shape index (κ1) is 16.1. The third-order valence-electron chi connectivity index (χ3n) is 2.53. The number of anilines is 2. The molecule has 0 radical (unpaired) electrons. The summed E-state index contributed by atoms with van der Waals surface area (Å²) < 4.78 is 25.1. The molecule has 1 rings (SSSR count). The third kappa shape index (κ3) is 5.26. The average Bonchev–Trinajstić information content (AvgIpc) is 2.18. The summed E-state index contributed by atoms with van der Waals surface area (Å²) in [5, 5.41) is 3.65. The van der Waals surface area contributed by atoms with Gasteiger partial charge in [-0.2, -0.15) is 0 Å². The minimum atomic E-state index is -3.25. The van der Waals surface area contributed by atoms with Gasteiger partial charge in [-0.3, -0.25) is 0 Å². The van der Waals surface area contributed by atoms with Crippen molar-refractivity contribution in [1.29, 1.82) is 0 Å². The molecular formula is C12H20ClN3O2S. The molecule has 108 valence electrons. The Hall–Kier alpha value is -0.980. The van der Waals surface area contributed by atoms with Crippen molar-refractivity contribution in [3.05, 3.63) is 22.7 Å². The Morgan fingerprint density at radius 1 is 1.37 bits per heavy atom. The van der Waals surface area contributed by atoms with E-state index in [-0.39, 0.29) is 0 Å². The van der Waals surface area contributed by atoms with E-state index in [2.05, 4.69) is 10.0 Å². The number of sulfonamides is 1.